The van der Waals surface area contributed by atoms with Crippen LogP contribution in [0.15, 0.2) is 66.7 Å². The smallest absolute Gasteiger partial charge is 0.248 e. The van der Waals surface area contributed by atoms with Crippen molar-refractivity contribution in [3.05, 3.63) is 89.0 Å². The molecule has 0 aliphatic rings. The quantitative estimate of drug-likeness (QED) is 0.623. The van der Waals surface area contributed by atoms with Crippen LogP contribution >= 0.6 is 0 Å². The molecule has 0 saturated carbocycles. The van der Waals surface area contributed by atoms with E-state index in [2.05, 4.69) is 37.3 Å². The molecule has 0 heterocycles. The van der Waals surface area contributed by atoms with E-state index in [4.69, 9.17) is 10.5 Å². The molecule has 0 aliphatic heterocycles. The minimum absolute atomic E-state index is 0.396. The molecule has 2 N–H and O–H groups in total. The van der Waals surface area contributed by atoms with Crippen LogP contribution in [0.5, 0.6) is 5.75 Å². The Hall–Kier alpha value is -3.07. The molecule has 3 rings (SSSR count). The van der Waals surface area contributed by atoms with Crippen LogP contribution in [-0.4, -0.2) is 5.91 Å². The standard InChI is InChI=1S/C24H25NO2/c1-3-7-19-9-4-5-11-23(19)27-16-18-8-6-10-20(15-18)21-12-13-22(24(25)26)17(2)14-21/h4-6,8-15H,3,7,16H2,1-2H3,(H2,25,26). The van der Waals surface area contributed by atoms with Gasteiger partial charge in [-0.15, -0.1) is 0 Å². The second-order valence-electron chi connectivity index (χ2n) is 6.74. The van der Waals surface area contributed by atoms with Crippen molar-refractivity contribution in [2.24, 2.45) is 5.73 Å². The van der Waals surface area contributed by atoms with Gasteiger partial charge in [-0.2, -0.15) is 0 Å². The zero-order valence-electron chi connectivity index (χ0n) is 15.9. The van der Waals surface area contributed by atoms with Gasteiger partial charge in [0.05, 0.1) is 0 Å². The minimum Gasteiger partial charge on any atom is -0.489 e. The molecule has 3 aromatic rings. The van der Waals surface area contributed by atoms with E-state index in [1.165, 1.54) is 5.56 Å². The van der Waals surface area contributed by atoms with Gasteiger partial charge in [0.15, 0.2) is 0 Å². The number of benzene rings is 3. The summed E-state index contributed by atoms with van der Waals surface area (Å²) in [6, 6.07) is 22.2. The second-order valence-corrected chi connectivity index (χ2v) is 6.74. The van der Waals surface area contributed by atoms with E-state index in [0.717, 1.165) is 40.8 Å². The number of ether oxygens (including phenoxy) is 1. The fraction of sp³-hybridized carbons (Fsp3) is 0.208. The number of amides is 1. The minimum atomic E-state index is -0.396. The molecule has 0 atom stereocenters. The van der Waals surface area contributed by atoms with Crippen molar-refractivity contribution in [3.63, 3.8) is 0 Å². The van der Waals surface area contributed by atoms with E-state index in [1.807, 2.05) is 37.3 Å². The van der Waals surface area contributed by atoms with Crippen LogP contribution < -0.4 is 10.5 Å². The summed E-state index contributed by atoms with van der Waals surface area (Å²) in [5, 5.41) is 0. The Morgan fingerprint density at radius 1 is 0.963 bits per heavy atom. The van der Waals surface area contributed by atoms with Gasteiger partial charge in [0, 0.05) is 5.56 Å². The maximum absolute atomic E-state index is 11.4. The summed E-state index contributed by atoms with van der Waals surface area (Å²) >= 11 is 0. The van der Waals surface area contributed by atoms with Crippen LogP contribution in [-0.2, 0) is 13.0 Å². The van der Waals surface area contributed by atoms with Crippen molar-refractivity contribution in [1.29, 1.82) is 0 Å². The van der Waals surface area contributed by atoms with E-state index in [1.54, 1.807) is 6.07 Å². The Morgan fingerprint density at radius 3 is 2.48 bits per heavy atom. The zero-order valence-corrected chi connectivity index (χ0v) is 15.9. The summed E-state index contributed by atoms with van der Waals surface area (Å²) in [5.41, 5.74) is 11.4. The predicted molar refractivity (Wildman–Crippen MR) is 110 cm³/mol. The SMILES string of the molecule is CCCc1ccccc1OCc1cccc(-c2ccc(C(N)=O)c(C)c2)c1. The molecule has 0 radical (unpaired) electrons. The Morgan fingerprint density at radius 2 is 1.74 bits per heavy atom. The lowest BCUT2D eigenvalue weighted by molar-refractivity contribution is 0.0999. The van der Waals surface area contributed by atoms with Gasteiger partial charge >= 0.3 is 0 Å². The summed E-state index contributed by atoms with van der Waals surface area (Å²) in [6.45, 7) is 4.60. The van der Waals surface area contributed by atoms with Crippen LogP contribution in [0.4, 0.5) is 0 Å². The van der Waals surface area contributed by atoms with Crippen LogP contribution in [0.2, 0.25) is 0 Å². The van der Waals surface area contributed by atoms with E-state index in [0.29, 0.717) is 12.2 Å². The van der Waals surface area contributed by atoms with Gasteiger partial charge in [-0.25, -0.2) is 0 Å². The van der Waals surface area contributed by atoms with Crippen LogP contribution in [0.1, 0.15) is 40.4 Å². The van der Waals surface area contributed by atoms with Gasteiger partial charge in [-0.1, -0.05) is 61.9 Å². The molecule has 3 nitrogen and oxygen atoms in total. The topological polar surface area (TPSA) is 52.3 Å². The summed E-state index contributed by atoms with van der Waals surface area (Å²) in [4.78, 5) is 11.4. The molecule has 0 aromatic heterocycles. The first-order valence-corrected chi connectivity index (χ1v) is 9.29. The maximum atomic E-state index is 11.4. The van der Waals surface area contributed by atoms with Gasteiger partial charge in [-0.3, -0.25) is 4.79 Å². The molecule has 27 heavy (non-hydrogen) atoms. The fourth-order valence-electron chi connectivity index (χ4n) is 3.24. The van der Waals surface area contributed by atoms with Crippen LogP contribution in [0.3, 0.4) is 0 Å². The third-order valence-electron chi connectivity index (χ3n) is 4.64. The molecule has 138 valence electrons. The van der Waals surface area contributed by atoms with Crippen molar-refractivity contribution in [1.82, 2.24) is 0 Å². The number of hydrogen-bond donors (Lipinski definition) is 1. The molecule has 0 saturated heterocycles. The van der Waals surface area contributed by atoms with E-state index in [9.17, 15) is 4.79 Å². The third-order valence-corrected chi connectivity index (χ3v) is 4.64. The highest BCUT2D eigenvalue weighted by Crippen LogP contribution is 2.25. The molecular weight excluding hydrogens is 334 g/mol. The molecule has 0 aliphatic carbocycles. The molecule has 0 spiro atoms. The number of carbonyl (C=O) groups excluding carboxylic acids is 1. The summed E-state index contributed by atoms with van der Waals surface area (Å²) in [7, 11) is 0. The molecule has 3 aromatic carbocycles. The predicted octanol–water partition coefficient (Wildman–Crippen LogP) is 5.29. The molecule has 0 fully saturated rings. The molecular formula is C24H25NO2. The average molecular weight is 359 g/mol. The number of rotatable bonds is 7. The summed E-state index contributed by atoms with van der Waals surface area (Å²) in [6.07, 6.45) is 2.11. The highest BCUT2D eigenvalue weighted by molar-refractivity contribution is 5.94. The Balaban J connectivity index is 1.78. The van der Waals surface area contributed by atoms with Crippen molar-refractivity contribution in [2.45, 2.75) is 33.3 Å². The van der Waals surface area contributed by atoms with Gasteiger partial charge in [0.2, 0.25) is 5.91 Å². The highest BCUT2D eigenvalue weighted by atomic mass is 16.5. The molecule has 1 amide bonds. The van der Waals surface area contributed by atoms with Gasteiger partial charge in [0.25, 0.3) is 0 Å². The largest absolute Gasteiger partial charge is 0.489 e. The molecule has 0 unspecified atom stereocenters. The fourth-order valence-corrected chi connectivity index (χ4v) is 3.24. The lowest BCUT2D eigenvalue weighted by atomic mass is 9.98. The summed E-state index contributed by atoms with van der Waals surface area (Å²) < 4.78 is 6.08. The van der Waals surface area contributed by atoms with Crippen molar-refractivity contribution >= 4 is 5.91 Å². The third kappa shape index (κ3) is 4.56. The average Bonchev–Trinajstić information content (AvgIpc) is 2.67. The monoisotopic (exact) mass is 359 g/mol. The van der Waals surface area contributed by atoms with Gasteiger partial charge < -0.3 is 10.5 Å². The Labute approximate surface area is 160 Å². The van der Waals surface area contributed by atoms with E-state index in [-0.39, 0.29) is 0 Å². The first-order chi connectivity index (χ1) is 13.1. The van der Waals surface area contributed by atoms with Crippen LogP contribution in [0, 0.1) is 6.92 Å². The Bertz CT molecular complexity index is 947. The second kappa shape index (κ2) is 8.54. The number of aryl methyl sites for hydroxylation is 2. The number of carbonyl (C=O) groups is 1. The lowest BCUT2D eigenvalue weighted by Gasteiger charge is -2.12. The normalized spacial score (nSPS) is 10.6. The molecule has 3 heteroatoms. The van der Waals surface area contributed by atoms with Crippen molar-refractivity contribution < 1.29 is 9.53 Å². The molecule has 0 bridgehead atoms. The zero-order chi connectivity index (χ0) is 19.2. The number of para-hydroxylation sites is 1. The maximum Gasteiger partial charge on any atom is 0.248 e. The van der Waals surface area contributed by atoms with Gasteiger partial charge in [0.1, 0.15) is 12.4 Å². The highest BCUT2D eigenvalue weighted by Gasteiger charge is 2.08. The number of hydrogen-bond acceptors (Lipinski definition) is 2. The van der Waals surface area contributed by atoms with Crippen molar-refractivity contribution in [3.8, 4) is 16.9 Å². The number of primary amides is 1. The lowest BCUT2D eigenvalue weighted by Crippen LogP contribution is -2.12. The Kier molecular flexibility index (Phi) is 5.92. The summed E-state index contributed by atoms with van der Waals surface area (Å²) in [5.74, 6) is 0.554. The van der Waals surface area contributed by atoms with E-state index >= 15 is 0 Å². The number of nitrogens with two attached hydrogens (primary N) is 1. The van der Waals surface area contributed by atoms with Gasteiger partial charge in [-0.05, 0) is 59.4 Å². The first kappa shape index (κ1) is 18.7. The van der Waals surface area contributed by atoms with E-state index < -0.39 is 5.91 Å². The van der Waals surface area contributed by atoms with Crippen LogP contribution in [0.25, 0.3) is 11.1 Å². The van der Waals surface area contributed by atoms with Crippen molar-refractivity contribution in [2.75, 3.05) is 0 Å². The first-order valence-electron chi connectivity index (χ1n) is 9.29.